The number of nitrogens with one attached hydrogen (secondary N) is 1. The van der Waals surface area contributed by atoms with Crippen LogP contribution in [0.4, 0.5) is 11.4 Å². The zero-order chi connectivity index (χ0) is 11.9. The summed E-state index contributed by atoms with van der Waals surface area (Å²) in [6.45, 7) is 0. The Bertz CT molecular complexity index is 610. The van der Waals surface area contributed by atoms with Gasteiger partial charge in [-0.2, -0.15) is 10.3 Å². The molecule has 0 bridgehead atoms. The summed E-state index contributed by atoms with van der Waals surface area (Å²) < 4.78 is 0. The number of aromatic hydroxyl groups is 1. The summed E-state index contributed by atoms with van der Waals surface area (Å²) in [5.74, 6) is -0.751. The minimum atomic E-state index is -0.934. The van der Waals surface area contributed by atoms with Gasteiger partial charge in [0.25, 0.3) is 0 Å². The second kappa shape index (κ2) is 4.45. The largest absolute Gasteiger partial charge is 0.500 e. The number of nitrogens with zero attached hydrogens (tertiary/aromatic N) is 4. The molecule has 0 unspecified atom stereocenters. The van der Waals surface area contributed by atoms with Crippen molar-refractivity contribution in [3.05, 3.63) is 26.3 Å². The monoisotopic (exact) mass is 332 g/mol. The molecule has 2 N–H and O–H groups in total. The van der Waals surface area contributed by atoms with E-state index in [0.717, 1.165) is 0 Å². The minimum Gasteiger partial charge on any atom is -0.500 e. The Morgan fingerprint density at radius 3 is 2.18 bits per heavy atom. The molecule has 0 fully saturated rings. The van der Waals surface area contributed by atoms with Crippen molar-refractivity contribution in [3.63, 3.8) is 0 Å². The zero-order valence-corrected chi connectivity index (χ0v) is 9.23. The number of aromatic amines is 1. The summed E-state index contributed by atoms with van der Waals surface area (Å²) in [5, 5.41) is 39.5. The van der Waals surface area contributed by atoms with E-state index in [-0.39, 0.29) is 33.4 Å². The van der Waals surface area contributed by atoms with Crippen molar-refractivity contribution in [3.8, 4) is 5.75 Å². The second-order valence-corrected chi connectivity index (χ2v) is 2.80. The van der Waals surface area contributed by atoms with E-state index in [1.165, 1.54) is 0 Å². The van der Waals surface area contributed by atoms with Gasteiger partial charge in [0.15, 0.2) is 11.0 Å². The number of hydrogen-bond donors (Lipinski definition) is 2. The SMILES string of the molecule is O=[N+]([O-])c1cc([N+](=O)[O-])c2n[nH]nc2c1O.[Ag]. The van der Waals surface area contributed by atoms with Crippen molar-refractivity contribution in [1.29, 1.82) is 0 Å². The molecule has 1 radical (unpaired) electrons. The van der Waals surface area contributed by atoms with E-state index in [4.69, 9.17) is 0 Å². The van der Waals surface area contributed by atoms with E-state index in [2.05, 4.69) is 15.4 Å². The average molecular weight is 333 g/mol. The first-order chi connectivity index (χ1) is 7.52. The molecule has 0 saturated carbocycles. The van der Waals surface area contributed by atoms with Gasteiger partial charge in [-0.15, -0.1) is 5.10 Å². The Labute approximate surface area is 107 Å². The van der Waals surface area contributed by atoms with Crippen LogP contribution in [0.5, 0.6) is 5.75 Å². The van der Waals surface area contributed by atoms with Crippen LogP contribution in [0.3, 0.4) is 0 Å². The van der Waals surface area contributed by atoms with Gasteiger partial charge in [0.05, 0.1) is 9.85 Å². The van der Waals surface area contributed by atoms with Crippen molar-refractivity contribution >= 4 is 22.4 Å². The number of hydrogen-bond acceptors (Lipinski definition) is 7. The topological polar surface area (TPSA) is 148 Å². The van der Waals surface area contributed by atoms with Crippen molar-refractivity contribution in [2.24, 2.45) is 0 Å². The Morgan fingerprint density at radius 2 is 1.65 bits per heavy atom. The quantitative estimate of drug-likeness (QED) is 0.461. The number of non-ortho nitro benzene ring substituents is 1. The van der Waals surface area contributed by atoms with Crippen LogP contribution in [0.2, 0.25) is 0 Å². The fourth-order valence-corrected chi connectivity index (χ4v) is 1.24. The molecule has 2 aromatic rings. The van der Waals surface area contributed by atoms with Crippen LogP contribution in [-0.2, 0) is 22.4 Å². The smallest absolute Gasteiger partial charge is 0.320 e. The fourth-order valence-electron chi connectivity index (χ4n) is 1.24. The number of fused-ring (bicyclic) bond motifs is 1. The van der Waals surface area contributed by atoms with Gasteiger partial charge in [-0.3, -0.25) is 20.2 Å². The molecule has 11 heteroatoms. The maximum atomic E-state index is 10.6. The molecular weight excluding hydrogens is 330 g/mol. The predicted octanol–water partition coefficient (Wildman–Crippen LogP) is 0.477. The Balaban J connectivity index is 0.00000144. The first-order valence-electron chi connectivity index (χ1n) is 3.87. The Hall–Kier alpha value is -2.04. The molecule has 0 spiro atoms. The van der Waals surface area contributed by atoms with Crippen molar-refractivity contribution in [2.45, 2.75) is 0 Å². The van der Waals surface area contributed by atoms with Gasteiger partial charge in [0.1, 0.15) is 6.07 Å². The average Bonchev–Trinajstić information content (AvgIpc) is 2.66. The Morgan fingerprint density at radius 1 is 1.12 bits per heavy atom. The van der Waals surface area contributed by atoms with Crippen LogP contribution in [-0.4, -0.2) is 30.4 Å². The van der Waals surface area contributed by atoms with E-state index in [0.29, 0.717) is 6.07 Å². The van der Waals surface area contributed by atoms with Gasteiger partial charge >= 0.3 is 11.4 Å². The Kier molecular flexibility index (Phi) is 3.41. The van der Waals surface area contributed by atoms with Crippen LogP contribution in [0.15, 0.2) is 6.07 Å². The van der Waals surface area contributed by atoms with Crippen molar-refractivity contribution < 1.29 is 37.3 Å². The summed E-state index contributed by atoms with van der Waals surface area (Å²) in [4.78, 5) is 19.4. The third kappa shape index (κ3) is 1.96. The molecule has 0 aliphatic rings. The number of nitro benzene ring substituents is 2. The number of phenols is 1. The van der Waals surface area contributed by atoms with Crippen LogP contribution in [0, 0.1) is 20.2 Å². The molecule has 0 aliphatic heterocycles. The predicted molar refractivity (Wildman–Crippen MR) is 48.9 cm³/mol. The molecule has 17 heavy (non-hydrogen) atoms. The first-order valence-corrected chi connectivity index (χ1v) is 3.87. The molecule has 10 nitrogen and oxygen atoms in total. The molecule has 1 heterocycles. The summed E-state index contributed by atoms with van der Waals surface area (Å²) in [6, 6.07) is 0.639. The maximum absolute atomic E-state index is 10.6. The normalized spacial score (nSPS) is 9.88. The number of H-pyrrole nitrogens is 1. The van der Waals surface area contributed by atoms with E-state index in [9.17, 15) is 25.3 Å². The molecule has 0 saturated heterocycles. The van der Waals surface area contributed by atoms with Gasteiger partial charge in [0, 0.05) is 22.4 Å². The third-order valence-electron chi connectivity index (χ3n) is 1.92. The van der Waals surface area contributed by atoms with Crippen LogP contribution in [0.1, 0.15) is 0 Å². The summed E-state index contributed by atoms with van der Waals surface area (Å²) in [7, 11) is 0. The van der Waals surface area contributed by atoms with Gasteiger partial charge in [-0.1, -0.05) is 0 Å². The molecule has 0 amide bonds. The fraction of sp³-hybridized carbons (Fsp3) is 0. The molecule has 1 aromatic carbocycles. The van der Waals surface area contributed by atoms with Crippen LogP contribution < -0.4 is 0 Å². The zero-order valence-electron chi connectivity index (χ0n) is 7.75. The minimum absolute atomic E-state index is 0. The van der Waals surface area contributed by atoms with Crippen LogP contribution >= 0.6 is 0 Å². The van der Waals surface area contributed by atoms with E-state index >= 15 is 0 Å². The molecule has 0 atom stereocenters. The molecule has 0 aliphatic carbocycles. The van der Waals surface area contributed by atoms with E-state index in [1.54, 1.807) is 0 Å². The summed E-state index contributed by atoms with van der Waals surface area (Å²) in [6.07, 6.45) is 0. The van der Waals surface area contributed by atoms with Crippen molar-refractivity contribution in [2.75, 3.05) is 0 Å². The molecular formula is C6H3AgN5O5. The van der Waals surface area contributed by atoms with Gasteiger partial charge in [-0.05, 0) is 0 Å². The van der Waals surface area contributed by atoms with E-state index < -0.39 is 27.0 Å². The summed E-state index contributed by atoms with van der Waals surface area (Å²) in [5.41, 5.74) is -1.91. The molecule has 2 rings (SSSR count). The number of phenolic OH excluding ortho intramolecular Hbond substituents is 1. The van der Waals surface area contributed by atoms with Crippen LogP contribution in [0.25, 0.3) is 11.0 Å². The standard InChI is InChI=1S/C6H3N5O5.Ag/c12-6-3(11(15)16)1-2(10(13)14)4-5(6)8-9-7-4;/h1,12H,(H,7,8,9);. The molecule has 93 valence electrons. The van der Waals surface area contributed by atoms with E-state index in [1.807, 2.05) is 0 Å². The third-order valence-corrected chi connectivity index (χ3v) is 1.92. The number of benzene rings is 1. The maximum Gasteiger partial charge on any atom is 0.320 e. The number of aromatic nitrogens is 3. The summed E-state index contributed by atoms with van der Waals surface area (Å²) >= 11 is 0. The molecule has 1 aromatic heterocycles. The van der Waals surface area contributed by atoms with Gasteiger partial charge < -0.3 is 5.11 Å². The number of rotatable bonds is 2. The van der Waals surface area contributed by atoms with Gasteiger partial charge in [-0.25, -0.2) is 0 Å². The van der Waals surface area contributed by atoms with Gasteiger partial charge in [0.2, 0.25) is 5.75 Å². The van der Waals surface area contributed by atoms with Crippen molar-refractivity contribution in [1.82, 2.24) is 15.4 Å². The number of nitro groups is 2. The first kappa shape index (κ1) is 13.0. The second-order valence-electron chi connectivity index (χ2n) is 2.80.